The number of carbonyl (C=O) groups excluding carboxylic acids is 2. The van der Waals surface area contributed by atoms with Gasteiger partial charge in [-0.3, -0.25) is 9.78 Å². The summed E-state index contributed by atoms with van der Waals surface area (Å²) in [4.78, 5) is 34.4. The number of halogens is 3. The molecular weight excluding hydrogens is 431 g/mol. The highest BCUT2D eigenvalue weighted by atomic mass is 32.1. The van der Waals surface area contributed by atoms with E-state index in [0.29, 0.717) is 23.8 Å². The van der Waals surface area contributed by atoms with E-state index in [1.165, 1.54) is 17.0 Å². The lowest BCUT2D eigenvalue weighted by Gasteiger charge is -2.36. The van der Waals surface area contributed by atoms with Crippen molar-refractivity contribution in [2.45, 2.75) is 30.7 Å². The maximum Gasteiger partial charge on any atom is 0.416 e. The van der Waals surface area contributed by atoms with Gasteiger partial charge in [0.1, 0.15) is 6.04 Å². The summed E-state index contributed by atoms with van der Waals surface area (Å²) in [6.07, 6.45) is -0.743. The summed E-state index contributed by atoms with van der Waals surface area (Å²) >= 11 is 5.50. The number of urea groups is 1. The van der Waals surface area contributed by atoms with Gasteiger partial charge in [0.25, 0.3) is 5.91 Å². The number of fused-ring (bicyclic) bond motifs is 5. The molecule has 7 nitrogen and oxygen atoms in total. The van der Waals surface area contributed by atoms with Crippen LogP contribution in [-0.2, 0) is 11.0 Å². The Morgan fingerprint density at radius 2 is 2.00 bits per heavy atom. The standard InChI is InChI=1S/C20H16F3N5O2S/c21-20(22,23)11-3-1-5-13(7-11)28-17(29)16-15-8-14(27(16)19(28)30)10-26(15)18(31)25-12-4-2-6-24-9-12/h1-7,9,14-16H,8,10H2,(H,25,31)/t14?,15-,16-/m1/s1. The Morgan fingerprint density at radius 1 is 1.19 bits per heavy atom. The zero-order chi connectivity index (χ0) is 21.9. The third kappa shape index (κ3) is 3.11. The molecule has 0 saturated carbocycles. The van der Waals surface area contributed by atoms with Crippen LogP contribution in [0.25, 0.3) is 0 Å². The number of hydrogen-bond acceptors (Lipinski definition) is 4. The van der Waals surface area contributed by atoms with E-state index < -0.39 is 29.7 Å². The average Bonchev–Trinajstić information content (AvgIpc) is 3.40. The van der Waals surface area contributed by atoms with Gasteiger partial charge in [-0.25, -0.2) is 9.69 Å². The van der Waals surface area contributed by atoms with Crippen molar-refractivity contribution in [1.29, 1.82) is 0 Å². The van der Waals surface area contributed by atoms with E-state index in [1.54, 1.807) is 24.5 Å². The number of benzene rings is 1. The maximum atomic E-state index is 13.2. The lowest BCUT2D eigenvalue weighted by molar-refractivity contribution is -0.137. The number of thiocarbonyl (C=S) groups is 1. The van der Waals surface area contributed by atoms with E-state index in [2.05, 4.69) is 10.3 Å². The van der Waals surface area contributed by atoms with Crippen LogP contribution in [0.2, 0.25) is 0 Å². The number of nitrogens with zero attached hydrogens (tertiary/aromatic N) is 4. The van der Waals surface area contributed by atoms with E-state index in [1.807, 2.05) is 4.90 Å². The van der Waals surface area contributed by atoms with E-state index >= 15 is 0 Å². The molecule has 0 aliphatic carbocycles. The number of imide groups is 1. The number of pyridine rings is 1. The van der Waals surface area contributed by atoms with Crippen LogP contribution in [0.1, 0.15) is 12.0 Å². The summed E-state index contributed by atoms with van der Waals surface area (Å²) < 4.78 is 39.3. The summed E-state index contributed by atoms with van der Waals surface area (Å²) in [7, 11) is 0. The molecule has 0 radical (unpaired) electrons. The predicted octanol–water partition coefficient (Wildman–Crippen LogP) is 3.09. The van der Waals surface area contributed by atoms with Gasteiger partial charge in [-0.1, -0.05) is 6.07 Å². The fourth-order valence-corrected chi connectivity index (χ4v) is 4.91. The molecule has 3 aliphatic rings. The van der Waals surface area contributed by atoms with Crippen LogP contribution in [-0.4, -0.2) is 56.5 Å². The molecule has 11 heteroatoms. The van der Waals surface area contributed by atoms with Crippen molar-refractivity contribution in [1.82, 2.24) is 14.8 Å². The fourth-order valence-electron chi connectivity index (χ4n) is 4.58. The monoisotopic (exact) mass is 447 g/mol. The Kier molecular flexibility index (Phi) is 4.40. The van der Waals surface area contributed by atoms with Crippen molar-refractivity contribution in [3.63, 3.8) is 0 Å². The Labute approximate surface area is 180 Å². The molecule has 1 N–H and O–H groups in total. The van der Waals surface area contributed by atoms with Crippen LogP contribution in [0, 0.1) is 0 Å². The number of piperazine rings is 1. The molecule has 5 rings (SSSR count). The largest absolute Gasteiger partial charge is 0.416 e. The first-order valence-corrected chi connectivity index (χ1v) is 9.97. The molecule has 3 aliphatic heterocycles. The Balaban J connectivity index is 1.39. The topological polar surface area (TPSA) is 68.8 Å². The van der Waals surface area contributed by atoms with Crippen molar-refractivity contribution >= 4 is 40.6 Å². The molecule has 31 heavy (non-hydrogen) atoms. The molecule has 2 bridgehead atoms. The number of rotatable bonds is 2. The predicted molar refractivity (Wildman–Crippen MR) is 109 cm³/mol. The highest BCUT2D eigenvalue weighted by Gasteiger charge is 2.62. The van der Waals surface area contributed by atoms with Crippen LogP contribution < -0.4 is 10.2 Å². The average molecular weight is 447 g/mol. The van der Waals surface area contributed by atoms with Crippen molar-refractivity contribution in [3.05, 3.63) is 54.4 Å². The molecule has 1 aromatic carbocycles. The number of nitrogens with one attached hydrogen (secondary N) is 1. The molecule has 2 aromatic rings. The molecular formula is C20H16F3N5O2S. The molecule has 3 atom stereocenters. The normalized spacial score (nSPS) is 24.7. The number of anilines is 2. The summed E-state index contributed by atoms with van der Waals surface area (Å²) in [6, 6.07) is 5.87. The van der Waals surface area contributed by atoms with Crippen LogP contribution >= 0.6 is 12.2 Å². The zero-order valence-corrected chi connectivity index (χ0v) is 16.7. The quantitative estimate of drug-likeness (QED) is 0.564. The molecule has 3 fully saturated rings. The van der Waals surface area contributed by atoms with Gasteiger partial charge in [0.05, 0.1) is 35.2 Å². The maximum absolute atomic E-state index is 13.2. The van der Waals surface area contributed by atoms with Gasteiger partial charge in [0, 0.05) is 12.7 Å². The van der Waals surface area contributed by atoms with Crippen LogP contribution in [0.3, 0.4) is 0 Å². The van der Waals surface area contributed by atoms with Crippen molar-refractivity contribution in [3.8, 4) is 0 Å². The number of hydrogen-bond donors (Lipinski definition) is 1. The molecule has 0 spiro atoms. The first kappa shape index (κ1) is 19.7. The summed E-state index contributed by atoms with van der Waals surface area (Å²) in [5.41, 5.74) is -0.295. The van der Waals surface area contributed by atoms with Crippen molar-refractivity contribution in [2.75, 3.05) is 16.8 Å². The summed E-state index contributed by atoms with van der Waals surface area (Å²) in [6.45, 7) is 0.447. The van der Waals surface area contributed by atoms with Gasteiger partial charge >= 0.3 is 12.2 Å². The minimum absolute atomic E-state index is 0.0822. The van der Waals surface area contributed by atoms with Gasteiger partial charge < -0.3 is 15.1 Å². The second-order valence-corrected chi connectivity index (χ2v) is 8.02. The summed E-state index contributed by atoms with van der Waals surface area (Å²) in [5, 5.41) is 3.50. The highest BCUT2D eigenvalue weighted by molar-refractivity contribution is 7.80. The van der Waals surface area contributed by atoms with Crippen LogP contribution in [0.15, 0.2) is 48.8 Å². The van der Waals surface area contributed by atoms with Crippen molar-refractivity contribution in [2.24, 2.45) is 0 Å². The summed E-state index contributed by atoms with van der Waals surface area (Å²) in [5.74, 6) is -0.536. The lowest BCUT2D eigenvalue weighted by atomic mass is 10.1. The molecule has 3 saturated heterocycles. The second kappa shape index (κ2) is 6.91. The Morgan fingerprint density at radius 3 is 2.71 bits per heavy atom. The highest BCUT2D eigenvalue weighted by Crippen LogP contribution is 2.43. The Bertz CT molecular complexity index is 1080. The van der Waals surface area contributed by atoms with Gasteiger partial charge in [-0.2, -0.15) is 13.2 Å². The van der Waals surface area contributed by atoms with Gasteiger partial charge in [0.15, 0.2) is 5.11 Å². The van der Waals surface area contributed by atoms with E-state index in [-0.39, 0.29) is 17.8 Å². The number of aromatic nitrogens is 1. The van der Waals surface area contributed by atoms with E-state index in [4.69, 9.17) is 12.2 Å². The second-order valence-electron chi connectivity index (χ2n) is 7.64. The smallest absolute Gasteiger partial charge is 0.341 e. The van der Waals surface area contributed by atoms with Gasteiger partial charge in [-0.15, -0.1) is 0 Å². The van der Waals surface area contributed by atoms with Gasteiger partial charge in [0.2, 0.25) is 0 Å². The van der Waals surface area contributed by atoms with Gasteiger partial charge in [-0.05, 0) is 49.0 Å². The number of carbonyl (C=O) groups is 2. The first-order chi connectivity index (χ1) is 14.8. The molecule has 4 heterocycles. The van der Waals surface area contributed by atoms with Crippen LogP contribution in [0.5, 0.6) is 0 Å². The molecule has 3 amide bonds. The molecule has 1 unspecified atom stereocenters. The fraction of sp³-hybridized carbons (Fsp3) is 0.300. The van der Waals surface area contributed by atoms with Crippen LogP contribution in [0.4, 0.5) is 29.3 Å². The SMILES string of the molecule is O=C1[C@H]2[C@H]3CC(CN3C(=S)Nc3cccnc3)N2C(=O)N1c1cccc(C(F)(F)F)c1. The third-order valence-electron chi connectivity index (χ3n) is 5.87. The number of alkyl halides is 3. The minimum atomic E-state index is -4.57. The number of likely N-dealkylation sites (tertiary alicyclic amines) is 1. The third-order valence-corrected chi connectivity index (χ3v) is 6.21. The van der Waals surface area contributed by atoms with E-state index in [9.17, 15) is 22.8 Å². The van der Waals surface area contributed by atoms with Crippen molar-refractivity contribution < 1.29 is 22.8 Å². The molecule has 160 valence electrons. The Hall–Kier alpha value is -3.21. The first-order valence-electron chi connectivity index (χ1n) is 9.57. The minimum Gasteiger partial charge on any atom is -0.341 e. The molecule has 1 aromatic heterocycles. The van der Waals surface area contributed by atoms with E-state index in [0.717, 1.165) is 17.0 Å². The number of amides is 3. The zero-order valence-electron chi connectivity index (χ0n) is 15.9. The lowest BCUT2D eigenvalue weighted by Crippen LogP contribution is -2.55.